The second-order valence-corrected chi connectivity index (χ2v) is 5.07. The van der Waals surface area contributed by atoms with Gasteiger partial charge in [-0.1, -0.05) is 0 Å². The van der Waals surface area contributed by atoms with E-state index in [1.54, 1.807) is 13.2 Å². The van der Waals surface area contributed by atoms with Gasteiger partial charge in [0.15, 0.2) is 0 Å². The van der Waals surface area contributed by atoms with Gasteiger partial charge >= 0.3 is 5.97 Å². The van der Waals surface area contributed by atoms with Gasteiger partial charge in [-0.25, -0.2) is 9.78 Å². The first-order valence-electron chi connectivity index (χ1n) is 7.25. The maximum atomic E-state index is 12.6. The molecule has 2 heterocycles. The van der Waals surface area contributed by atoms with Crippen LogP contribution >= 0.6 is 0 Å². The molecular weight excluding hydrogens is 288 g/mol. The highest BCUT2D eigenvalue weighted by Crippen LogP contribution is 2.21. The van der Waals surface area contributed by atoms with Crippen LogP contribution in [-0.4, -0.2) is 59.8 Å². The van der Waals surface area contributed by atoms with Gasteiger partial charge in [0, 0.05) is 31.5 Å². The Hall–Kier alpha value is -2.15. The Bertz CT molecular complexity index is 534. The molecule has 1 amide bonds. The number of pyridine rings is 1. The number of piperidine rings is 1. The SMILES string of the molecule is COCCOc1cc(C(=O)N2CCCC[C@@H]2C(=O)O)ccn1. The monoisotopic (exact) mass is 308 g/mol. The van der Waals surface area contributed by atoms with E-state index in [0.717, 1.165) is 12.8 Å². The molecule has 0 unspecified atom stereocenters. The van der Waals surface area contributed by atoms with E-state index in [4.69, 9.17) is 9.47 Å². The van der Waals surface area contributed by atoms with Crippen LogP contribution in [0.2, 0.25) is 0 Å². The van der Waals surface area contributed by atoms with Gasteiger partial charge in [0.25, 0.3) is 5.91 Å². The molecular formula is C15H20N2O5. The molecule has 1 aliphatic rings. The number of ether oxygens (including phenoxy) is 2. The van der Waals surface area contributed by atoms with Crippen molar-refractivity contribution in [2.45, 2.75) is 25.3 Å². The summed E-state index contributed by atoms with van der Waals surface area (Å²) in [5.41, 5.74) is 0.385. The Balaban J connectivity index is 2.10. The van der Waals surface area contributed by atoms with E-state index in [-0.39, 0.29) is 5.91 Å². The predicted molar refractivity (Wildman–Crippen MR) is 77.9 cm³/mol. The number of hydrogen-bond acceptors (Lipinski definition) is 5. The molecule has 0 saturated carbocycles. The minimum atomic E-state index is -0.960. The lowest BCUT2D eigenvalue weighted by atomic mass is 10.0. The first kappa shape index (κ1) is 16.2. The second-order valence-electron chi connectivity index (χ2n) is 5.07. The minimum absolute atomic E-state index is 0.300. The van der Waals surface area contributed by atoms with Gasteiger partial charge < -0.3 is 19.5 Å². The summed E-state index contributed by atoms with van der Waals surface area (Å²) in [6.07, 6.45) is 3.61. The van der Waals surface area contributed by atoms with E-state index in [9.17, 15) is 14.7 Å². The molecule has 2 rings (SSSR count). The molecule has 0 spiro atoms. The molecule has 1 aromatic heterocycles. The molecule has 7 heteroatoms. The predicted octanol–water partition coefficient (Wildman–Crippen LogP) is 1.19. The number of amides is 1. The van der Waals surface area contributed by atoms with E-state index >= 15 is 0 Å². The topological polar surface area (TPSA) is 89.0 Å². The van der Waals surface area contributed by atoms with Gasteiger partial charge in [0.1, 0.15) is 12.6 Å². The first-order chi connectivity index (χ1) is 10.6. The Morgan fingerprint density at radius 3 is 2.95 bits per heavy atom. The van der Waals surface area contributed by atoms with Crippen LogP contribution in [-0.2, 0) is 9.53 Å². The second kappa shape index (κ2) is 7.74. The summed E-state index contributed by atoms with van der Waals surface area (Å²) in [4.78, 5) is 29.3. The van der Waals surface area contributed by atoms with Crippen LogP contribution in [0, 0.1) is 0 Å². The van der Waals surface area contributed by atoms with Crippen molar-refractivity contribution in [3.8, 4) is 5.88 Å². The highest BCUT2D eigenvalue weighted by Gasteiger charge is 2.32. The number of carbonyl (C=O) groups excluding carboxylic acids is 1. The average molecular weight is 308 g/mol. The molecule has 1 aromatic rings. The van der Waals surface area contributed by atoms with Crippen LogP contribution in [0.1, 0.15) is 29.6 Å². The van der Waals surface area contributed by atoms with Crippen molar-refractivity contribution in [2.75, 3.05) is 26.9 Å². The summed E-state index contributed by atoms with van der Waals surface area (Å²) in [5, 5.41) is 9.26. The normalized spacial score (nSPS) is 18.0. The molecule has 1 saturated heterocycles. The van der Waals surface area contributed by atoms with Gasteiger partial charge in [-0.15, -0.1) is 0 Å². The third kappa shape index (κ3) is 3.94. The fraction of sp³-hybridized carbons (Fsp3) is 0.533. The lowest BCUT2D eigenvalue weighted by Gasteiger charge is -2.33. The largest absolute Gasteiger partial charge is 0.480 e. The molecule has 120 valence electrons. The number of rotatable bonds is 6. The summed E-state index contributed by atoms with van der Waals surface area (Å²) < 4.78 is 10.3. The molecule has 0 aliphatic carbocycles. The van der Waals surface area contributed by atoms with E-state index in [1.165, 1.54) is 17.2 Å². The van der Waals surface area contributed by atoms with Crippen molar-refractivity contribution >= 4 is 11.9 Å². The highest BCUT2D eigenvalue weighted by atomic mass is 16.5. The highest BCUT2D eigenvalue weighted by molar-refractivity contribution is 5.96. The third-order valence-corrected chi connectivity index (χ3v) is 3.57. The summed E-state index contributed by atoms with van der Waals surface area (Å²) >= 11 is 0. The first-order valence-corrected chi connectivity index (χ1v) is 7.25. The number of carboxylic acid groups (broad SMARTS) is 1. The third-order valence-electron chi connectivity index (χ3n) is 3.57. The Morgan fingerprint density at radius 2 is 2.23 bits per heavy atom. The van der Waals surface area contributed by atoms with Crippen LogP contribution in [0.25, 0.3) is 0 Å². The summed E-state index contributed by atoms with van der Waals surface area (Å²) in [5.74, 6) is -0.934. The van der Waals surface area contributed by atoms with Crippen molar-refractivity contribution in [3.63, 3.8) is 0 Å². The standard InChI is InChI=1S/C15H20N2O5/c1-21-8-9-22-13-10-11(5-6-16-13)14(18)17-7-3-2-4-12(17)15(19)20/h5-6,10,12H,2-4,7-9H2,1H3,(H,19,20)/t12-/m1/s1. The zero-order valence-electron chi connectivity index (χ0n) is 12.5. The van der Waals surface area contributed by atoms with Gasteiger partial charge in [-0.3, -0.25) is 4.79 Å². The van der Waals surface area contributed by atoms with Gasteiger partial charge in [0.05, 0.1) is 6.61 Å². The Kier molecular flexibility index (Phi) is 5.71. The maximum absolute atomic E-state index is 12.6. The lowest BCUT2D eigenvalue weighted by Crippen LogP contribution is -2.48. The molecule has 1 fully saturated rings. The van der Waals surface area contributed by atoms with E-state index in [2.05, 4.69) is 4.98 Å². The molecule has 7 nitrogen and oxygen atoms in total. The van der Waals surface area contributed by atoms with Gasteiger partial charge in [0.2, 0.25) is 5.88 Å². The number of hydrogen-bond donors (Lipinski definition) is 1. The number of aliphatic carboxylic acids is 1. The van der Waals surface area contributed by atoms with Crippen molar-refractivity contribution in [1.29, 1.82) is 0 Å². The molecule has 1 atom stereocenters. The van der Waals surface area contributed by atoms with Crippen molar-refractivity contribution in [1.82, 2.24) is 9.88 Å². The molecule has 0 aromatic carbocycles. The number of methoxy groups -OCH3 is 1. The van der Waals surface area contributed by atoms with E-state index < -0.39 is 12.0 Å². The summed E-state index contributed by atoms with van der Waals surface area (Å²) in [6, 6.07) is 2.34. The van der Waals surface area contributed by atoms with Crippen molar-refractivity contribution in [2.24, 2.45) is 0 Å². The number of likely N-dealkylation sites (tertiary alicyclic amines) is 1. The number of aromatic nitrogens is 1. The molecule has 0 bridgehead atoms. The smallest absolute Gasteiger partial charge is 0.326 e. The average Bonchev–Trinajstić information content (AvgIpc) is 2.54. The quantitative estimate of drug-likeness (QED) is 0.794. The maximum Gasteiger partial charge on any atom is 0.326 e. The Morgan fingerprint density at radius 1 is 1.41 bits per heavy atom. The van der Waals surface area contributed by atoms with E-state index in [0.29, 0.717) is 37.6 Å². The zero-order chi connectivity index (χ0) is 15.9. The number of nitrogens with zero attached hydrogens (tertiary/aromatic N) is 2. The summed E-state index contributed by atoms with van der Waals surface area (Å²) in [6.45, 7) is 1.22. The lowest BCUT2D eigenvalue weighted by molar-refractivity contribution is -0.143. The molecule has 0 radical (unpaired) electrons. The number of carboxylic acids is 1. The molecule has 1 aliphatic heterocycles. The van der Waals surface area contributed by atoms with Crippen LogP contribution in [0.15, 0.2) is 18.3 Å². The van der Waals surface area contributed by atoms with Crippen LogP contribution in [0.4, 0.5) is 0 Å². The minimum Gasteiger partial charge on any atom is -0.480 e. The van der Waals surface area contributed by atoms with Crippen LogP contribution < -0.4 is 4.74 Å². The van der Waals surface area contributed by atoms with Crippen molar-refractivity contribution in [3.05, 3.63) is 23.9 Å². The van der Waals surface area contributed by atoms with Crippen LogP contribution in [0.3, 0.4) is 0 Å². The van der Waals surface area contributed by atoms with Crippen molar-refractivity contribution < 1.29 is 24.2 Å². The molecule has 1 N–H and O–H groups in total. The van der Waals surface area contributed by atoms with Gasteiger partial charge in [-0.05, 0) is 25.3 Å². The van der Waals surface area contributed by atoms with Gasteiger partial charge in [-0.2, -0.15) is 0 Å². The summed E-state index contributed by atoms with van der Waals surface area (Å²) in [7, 11) is 1.57. The van der Waals surface area contributed by atoms with Crippen LogP contribution in [0.5, 0.6) is 5.88 Å². The number of carbonyl (C=O) groups is 2. The Labute approximate surface area is 128 Å². The fourth-order valence-corrected chi connectivity index (χ4v) is 2.45. The molecule has 22 heavy (non-hydrogen) atoms. The van der Waals surface area contributed by atoms with E-state index in [1.807, 2.05) is 0 Å². The fourth-order valence-electron chi connectivity index (χ4n) is 2.45. The zero-order valence-corrected chi connectivity index (χ0v) is 12.5.